The number of ether oxygens (including phenoxy) is 7. The van der Waals surface area contributed by atoms with Crippen molar-refractivity contribution < 1.29 is 88.0 Å². The van der Waals surface area contributed by atoms with E-state index in [2.05, 4.69) is 0 Å². The van der Waals surface area contributed by atoms with E-state index in [9.17, 15) is 55.2 Å². The molecule has 278 valence electrons. The number of carbonyl (C=O) groups is 2. The average Bonchev–Trinajstić information content (AvgIpc) is 3.06. The normalized spacial score (nSPS) is 29.3. The maximum atomic E-state index is 13.9. The van der Waals surface area contributed by atoms with Gasteiger partial charge in [0.25, 0.3) is 0 Å². The van der Waals surface area contributed by atoms with Crippen LogP contribution in [0.3, 0.4) is 0 Å². The number of fused-ring (bicyclic) bond motifs is 1. The number of rotatable bonds is 9. The average molecular weight is 725 g/mol. The molecule has 2 aliphatic rings. The highest BCUT2D eigenvalue weighted by Gasteiger charge is 2.50. The summed E-state index contributed by atoms with van der Waals surface area (Å²) in [5, 5.41) is 83.8. The van der Waals surface area contributed by atoms with Gasteiger partial charge in [0.2, 0.25) is 23.2 Å². The Morgan fingerprint density at radius 3 is 2.08 bits per heavy atom. The van der Waals surface area contributed by atoms with Crippen LogP contribution in [0, 0.1) is 0 Å². The Balaban J connectivity index is 1.48. The number of aromatic hydroxyl groups is 4. The molecule has 3 aromatic rings. The molecule has 0 aliphatic carbocycles. The zero-order valence-corrected chi connectivity index (χ0v) is 27.4. The third kappa shape index (κ3) is 7.31. The lowest BCUT2D eigenvalue weighted by Crippen LogP contribution is -2.62. The lowest BCUT2D eigenvalue weighted by molar-refractivity contribution is -0.320. The number of benzene rings is 2. The van der Waals surface area contributed by atoms with E-state index in [1.165, 1.54) is 13.0 Å². The zero-order chi connectivity index (χ0) is 37.5. The molecule has 19 nitrogen and oxygen atoms in total. The summed E-state index contributed by atoms with van der Waals surface area (Å²) in [5.74, 6) is -5.92. The van der Waals surface area contributed by atoms with Crippen molar-refractivity contribution in [2.24, 2.45) is 0 Å². The molecular weight excluding hydrogens is 688 g/mol. The number of phenolic OH excluding ortho intramolecular Hbond substituents is 4. The summed E-state index contributed by atoms with van der Waals surface area (Å²) in [6.45, 7) is 2.92. The molecule has 5 rings (SSSR count). The van der Waals surface area contributed by atoms with Crippen molar-refractivity contribution in [2.75, 3.05) is 13.7 Å². The number of carbonyl (C=O) groups excluding carboxylic acids is 2. The molecule has 0 spiro atoms. The predicted molar refractivity (Wildman–Crippen MR) is 166 cm³/mol. The molecule has 0 radical (unpaired) electrons. The van der Waals surface area contributed by atoms with Gasteiger partial charge >= 0.3 is 11.9 Å². The van der Waals surface area contributed by atoms with Crippen LogP contribution in [0.2, 0.25) is 0 Å². The summed E-state index contributed by atoms with van der Waals surface area (Å²) in [4.78, 5) is 37.3. The molecule has 51 heavy (non-hydrogen) atoms. The highest BCUT2D eigenvalue weighted by atomic mass is 16.7. The van der Waals surface area contributed by atoms with Gasteiger partial charge in [0.15, 0.2) is 47.3 Å². The van der Waals surface area contributed by atoms with Crippen molar-refractivity contribution in [3.63, 3.8) is 0 Å². The Hall–Kier alpha value is -4.89. The van der Waals surface area contributed by atoms with Gasteiger partial charge < -0.3 is 78.4 Å². The predicted octanol–water partition coefficient (Wildman–Crippen LogP) is -0.537. The molecule has 19 heteroatoms. The van der Waals surface area contributed by atoms with E-state index in [0.717, 1.165) is 39.2 Å². The zero-order valence-electron chi connectivity index (χ0n) is 27.4. The molecule has 2 fully saturated rings. The van der Waals surface area contributed by atoms with E-state index in [4.69, 9.17) is 37.6 Å². The number of aliphatic hydroxyl groups is 4. The van der Waals surface area contributed by atoms with Crippen LogP contribution >= 0.6 is 0 Å². The number of methoxy groups -OCH3 is 1. The highest BCUT2D eigenvalue weighted by Crippen LogP contribution is 2.44. The highest BCUT2D eigenvalue weighted by molar-refractivity contribution is 5.91. The molecule has 0 saturated carbocycles. The fraction of sp³-hybridized carbons (Fsp3) is 0.469. The number of phenols is 4. The Kier molecular flexibility index (Phi) is 10.8. The van der Waals surface area contributed by atoms with Gasteiger partial charge in [-0.05, 0) is 25.1 Å². The van der Waals surface area contributed by atoms with Crippen molar-refractivity contribution in [2.45, 2.75) is 82.2 Å². The SMILES string of the molecule is COc1c(O)cc2oc(-c3ccc(O)c(O)c3)c(OC3OC(COC4OC(C)C(OC(C)=O)C(O)C4OC(C)=O)C(O)C(O)C3O)c(=O)c2c1O. The fourth-order valence-electron chi connectivity index (χ4n) is 5.71. The molecule has 0 bridgehead atoms. The largest absolute Gasteiger partial charge is 0.504 e. The minimum atomic E-state index is -2.04. The molecule has 8 N–H and O–H groups in total. The van der Waals surface area contributed by atoms with E-state index in [0.29, 0.717) is 0 Å². The van der Waals surface area contributed by atoms with Crippen LogP contribution in [0.4, 0.5) is 0 Å². The summed E-state index contributed by atoms with van der Waals surface area (Å²) in [7, 11) is 1.11. The first-order valence-electron chi connectivity index (χ1n) is 15.3. The topological polar surface area (TPSA) is 291 Å². The minimum Gasteiger partial charge on any atom is -0.504 e. The maximum Gasteiger partial charge on any atom is 0.303 e. The van der Waals surface area contributed by atoms with E-state index >= 15 is 0 Å². The molecule has 0 amide bonds. The smallest absolute Gasteiger partial charge is 0.303 e. The van der Waals surface area contributed by atoms with Crippen molar-refractivity contribution in [1.82, 2.24) is 0 Å². The summed E-state index contributed by atoms with van der Waals surface area (Å²) < 4.78 is 43.9. The van der Waals surface area contributed by atoms with Crippen LogP contribution in [-0.4, -0.2) is 128 Å². The van der Waals surface area contributed by atoms with E-state index < -0.39 is 131 Å². The second-order valence-corrected chi connectivity index (χ2v) is 11.8. The van der Waals surface area contributed by atoms with Crippen LogP contribution in [0.5, 0.6) is 34.5 Å². The van der Waals surface area contributed by atoms with Crippen LogP contribution in [0.25, 0.3) is 22.3 Å². The number of aliphatic hydroxyl groups excluding tert-OH is 4. The maximum absolute atomic E-state index is 13.9. The van der Waals surface area contributed by atoms with E-state index in [1.54, 1.807) is 0 Å². The van der Waals surface area contributed by atoms with Gasteiger partial charge in [-0.2, -0.15) is 0 Å². The third-order valence-corrected chi connectivity index (χ3v) is 8.18. The van der Waals surface area contributed by atoms with Crippen LogP contribution < -0.4 is 14.9 Å². The second-order valence-electron chi connectivity index (χ2n) is 11.8. The molecule has 2 saturated heterocycles. The summed E-state index contributed by atoms with van der Waals surface area (Å²) in [5.41, 5.74) is -1.56. The Labute approximate surface area is 287 Å². The van der Waals surface area contributed by atoms with Gasteiger partial charge in [-0.3, -0.25) is 14.4 Å². The Morgan fingerprint density at radius 1 is 0.784 bits per heavy atom. The lowest BCUT2D eigenvalue weighted by atomic mass is 9.98. The quantitative estimate of drug-likeness (QED) is 0.102. The molecule has 1 aromatic heterocycles. The standard InChI is InChI=1S/C32H36O19/c1-10-26(47-11(2)33)25(43)30(48-12(3)34)32(46-10)45-9-18-20(38)23(41)24(42)31(50-18)51-29-22(40)19-17(8-16(37)28(44-4)21(19)39)49-27(29)13-5-6-14(35)15(36)7-13/h5-8,10,18,20,23-26,30-32,35-39,41-43H,9H2,1-4H3. The first kappa shape index (κ1) is 37.4. The van der Waals surface area contributed by atoms with Crippen LogP contribution in [-0.2, 0) is 33.3 Å². The van der Waals surface area contributed by atoms with Crippen LogP contribution in [0.1, 0.15) is 20.8 Å². The minimum absolute atomic E-state index is 0.0782. The molecule has 10 unspecified atom stereocenters. The Morgan fingerprint density at radius 2 is 1.45 bits per heavy atom. The first-order chi connectivity index (χ1) is 24.0. The van der Waals surface area contributed by atoms with Crippen molar-refractivity contribution in [1.29, 1.82) is 0 Å². The van der Waals surface area contributed by atoms with Gasteiger partial charge in [-0.25, -0.2) is 0 Å². The fourth-order valence-corrected chi connectivity index (χ4v) is 5.71. The summed E-state index contributed by atoms with van der Waals surface area (Å²) in [6, 6.07) is 4.23. The monoisotopic (exact) mass is 724 g/mol. The van der Waals surface area contributed by atoms with Gasteiger partial charge in [-0.1, -0.05) is 0 Å². The van der Waals surface area contributed by atoms with Crippen LogP contribution in [0.15, 0.2) is 33.5 Å². The molecule has 2 aliphatic heterocycles. The third-order valence-electron chi connectivity index (χ3n) is 8.18. The Bertz CT molecular complexity index is 1840. The summed E-state index contributed by atoms with van der Waals surface area (Å²) >= 11 is 0. The van der Waals surface area contributed by atoms with Crippen molar-refractivity contribution in [3.8, 4) is 45.8 Å². The molecule has 3 heterocycles. The van der Waals surface area contributed by atoms with Gasteiger partial charge in [0.1, 0.15) is 41.5 Å². The van der Waals surface area contributed by atoms with E-state index in [1.807, 2.05) is 0 Å². The molecular formula is C32H36O19. The van der Waals surface area contributed by atoms with Gasteiger partial charge in [0.05, 0.1) is 19.8 Å². The second kappa shape index (κ2) is 14.8. The lowest BCUT2D eigenvalue weighted by Gasteiger charge is -2.43. The number of hydrogen-bond acceptors (Lipinski definition) is 19. The first-order valence-corrected chi connectivity index (χ1v) is 15.3. The van der Waals surface area contributed by atoms with Crippen molar-refractivity contribution in [3.05, 3.63) is 34.5 Å². The van der Waals surface area contributed by atoms with Crippen molar-refractivity contribution >= 4 is 22.9 Å². The summed E-state index contributed by atoms with van der Waals surface area (Å²) in [6.07, 6.45) is -16.3. The number of esters is 2. The molecule has 10 atom stereocenters. The van der Waals surface area contributed by atoms with Gasteiger partial charge in [-0.15, -0.1) is 0 Å². The molecule has 2 aromatic carbocycles. The number of hydrogen-bond donors (Lipinski definition) is 8. The van der Waals surface area contributed by atoms with Gasteiger partial charge in [0, 0.05) is 25.5 Å². The van der Waals surface area contributed by atoms with E-state index in [-0.39, 0.29) is 11.1 Å².